The molecule has 0 radical (unpaired) electrons. The van der Waals surface area contributed by atoms with Crippen molar-refractivity contribution >= 4 is 35.4 Å². The van der Waals surface area contributed by atoms with Crippen LogP contribution in [-0.2, 0) is 76.1 Å². The molecular weight excluding hydrogens is 863 g/mol. The SMILES string of the molecule is CC[C@H]1OC(=O)/C=C(/O)[C@H](C)[C@@H](O[C@H]2O[C@@H](C)[C@H](OC(C)=O)[C@@H](N(C)C)[C@@H]2OC(C)=O)[C@@H](C/C=C/C(C)=O)C[C@@H](C)C(=O)/C=C/C(C)=C/[C@@H]1CO[C@@H]1O[C@H](C)[C@@H](OC(C)=O)[C@@H](OC)[C@H]1OC. The number of cyclic esters (lactones) is 1. The van der Waals surface area contributed by atoms with E-state index in [1.807, 2.05) is 13.0 Å². The molecule has 18 heteroatoms. The van der Waals surface area contributed by atoms with E-state index in [9.17, 15) is 33.9 Å². The molecule has 1 N–H and O–H groups in total. The summed E-state index contributed by atoms with van der Waals surface area (Å²) < 4.78 is 60.1. The zero-order chi connectivity index (χ0) is 49.6. The Kier molecular flexibility index (Phi) is 22.3. The summed E-state index contributed by atoms with van der Waals surface area (Å²) in [5.41, 5.74) is 0.661. The van der Waals surface area contributed by atoms with Crippen LogP contribution in [0.1, 0.15) is 88.5 Å². The number of ether oxygens (including phenoxy) is 10. The van der Waals surface area contributed by atoms with Crippen molar-refractivity contribution in [2.45, 2.75) is 162 Å². The second kappa shape index (κ2) is 26.3. The lowest BCUT2D eigenvalue weighted by Crippen LogP contribution is -2.65. The maximum atomic E-state index is 13.9. The van der Waals surface area contributed by atoms with E-state index in [4.69, 9.17) is 47.4 Å². The molecule has 0 aromatic carbocycles. The molecule has 16 atom stereocenters. The fourth-order valence-corrected chi connectivity index (χ4v) is 8.79. The van der Waals surface area contributed by atoms with Gasteiger partial charge in [-0.2, -0.15) is 0 Å². The van der Waals surface area contributed by atoms with E-state index < -0.39 is 127 Å². The van der Waals surface area contributed by atoms with Crippen LogP contribution in [0.4, 0.5) is 0 Å². The molecule has 3 aliphatic rings. The van der Waals surface area contributed by atoms with Gasteiger partial charge >= 0.3 is 23.9 Å². The van der Waals surface area contributed by atoms with Crippen molar-refractivity contribution in [3.8, 4) is 0 Å². The number of carbonyl (C=O) groups is 6. The number of hydrogen-bond donors (Lipinski definition) is 1. The third-order valence-corrected chi connectivity index (χ3v) is 12.0. The van der Waals surface area contributed by atoms with Crippen LogP contribution < -0.4 is 0 Å². The number of allylic oxidation sites excluding steroid dienone is 5. The summed E-state index contributed by atoms with van der Waals surface area (Å²) in [6.45, 7) is 15.6. The Morgan fingerprint density at radius 1 is 0.803 bits per heavy atom. The van der Waals surface area contributed by atoms with Crippen LogP contribution in [0.3, 0.4) is 0 Å². The van der Waals surface area contributed by atoms with Gasteiger partial charge in [-0.15, -0.1) is 0 Å². The van der Waals surface area contributed by atoms with Gasteiger partial charge in [0.2, 0.25) is 0 Å². The van der Waals surface area contributed by atoms with E-state index in [-0.39, 0.29) is 31.0 Å². The van der Waals surface area contributed by atoms with Crippen LogP contribution >= 0.6 is 0 Å². The van der Waals surface area contributed by atoms with Gasteiger partial charge in [-0.05, 0) is 79.1 Å². The average molecular weight is 936 g/mol. The molecule has 0 unspecified atom stereocenters. The maximum absolute atomic E-state index is 13.9. The zero-order valence-corrected chi connectivity index (χ0v) is 41.0. The van der Waals surface area contributed by atoms with Gasteiger partial charge in [0.05, 0.1) is 37.0 Å². The van der Waals surface area contributed by atoms with Gasteiger partial charge in [0.1, 0.15) is 30.2 Å². The highest BCUT2D eigenvalue weighted by molar-refractivity contribution is 5.92. The number of methoxy groups -OCH3 is 2. The van der Waals surface area contributed by atoms with Crippen molar-refractivity contribution in [3.05, 3.63) is 47.8 Å². The van der Waals surface area contributed by atoms with Crippen LogP contribution in [0.5, 0.6) is 0 Å². The van der Waals surface area contributed by atoms with E-state index in [2.05, 4.69) is 0 Å². The molecule has 3 aliphatic heterocycles. The minimum Gasteiger partial charge on any atom is -0.512 e. The molecule has 2 fully saturated rings. The Morgan fingerprint density at radius 3 is 1.94 bits per heavy atom. The zero-order valence-electron chi connectivity index (χ0n) is 41.0. The average Bonchev–Trinajstić information content (AvgIpc) is 3.22. The summed E-state index contributed by atoms with van der Waals surface area (Å²) in [6.07, 6.45) is -0.240. The highest BCUT2D eigenvalue weighted by Crippen LogP contribution is 2.37. The Hall–Kier alpha value is -4.30. The molecular formula is C48H73NO17. The van der Waals surface area contributed by atoms with Gasteiger partial charge < -0.3 is 52.5 Å². The minimum absolute atomic E-state index is 0.0553. The number of nitrogens with zero attached hydrogens (tertiary/aromatic N) is 1. The van der Waals surface area contributed by atoms with E-state index in [0.717, 1.165) is 6.08 Å². The molecule has 0 aromatic rings. The minimum atomic E-state index is -1.30. The largest absolute Gasteiger partial charge is 0.512 e. The van der Waals surface area contributed by atoms with Gasteiger partial charge in [0.15, 0.2) is 36.4 Å². The molecule has 2 saturated heterocycles. The number of carbonyl (C=O) groups excluding carboxylic acids is 6. The first-order chi connectivity index (χ1) is 31.0. The second-order valence-corrected chi connectivity index (χ2v) is 17.6. The third kappa shape index (κ3) is 15.9. The molecule has 0 spiro atoms. The van der Waals surface area contributed by atoms with Crippen molar-refractivity contribution < 1.29 is 81.2 Å². The fourth-order valence-electron chi connectivity index (χ4n) is 8.79. The predicted molar refractivity (Wildman–Crippen MR) is 238 cm³/mol. The third-order valence-electron chi connectivity index (χ3n) is 12.0. The first-order valence-electron chi connectivity index (χ1n) is 22.5. The molecule has 372 valence electrons. The van der Waals surface area contributed by atoms with Gasteiger partial charge in [0, 0.05) is 52.7 Å². The molecule has 0 amide bonds. The van der Waals surface area contributed by atoms with Crippen molar-refractivity contribution in [1.82, 2.24) is 4.90 Å². The summed E-state index contributed by atoms with van der Waals surface area (Å²) >= 11 is 0. The number of rotatable bonds is 15. The Bertz CT molecular complexity index is 1790. The van der Waals surface area contributed by atoms with Crippen LogP contribution in [0.15, 0.2) is 47.8 Å². The Morgan fingerprint density at radius 2 is 1.38 bits per heavy atom. The molecule has 3 heterocycles. The lowest BCUT2D eigenvalue weighted by atomic mass is 9.80. The topological polar surface area (TPSA) is 218 Å². The monoisotopic (exact) mass is 935 g/mol. The smallest absolute Gasteiger partial charge is 0.334 e. The highest BCUT2D eigenvalue weighted by atomic mass is 16.7. The molecule has 0 aliphatic carbocycles. The highest BCUT2D eigenvalue weighted by Gasteiger charge is 2.52. The Balaban J connectivity index is 2.12. The van der Waals surface area contributed by atoms with Crippen LogP contribution in [0.2, 0.25) is 0 Å². The molecule has 0 saturated carbocycles. The number of hydrogen-bond acceptors (Lipinski definition) is 18. The first kappa shape index (κ1) is 56.0. The summed E-state index contributed by atoms with van der Waals surface area (Å²) in [5.74, 6) is -6.26. The molecule has 0 aromatic heterocycles. The van der Waals surface area contributed by atoms with Crippen molar-refractivity contribution in [2.24, 2.45) is 23.7 Å². The number of esters is 4. The standard InChI is InChI=1S/C48H73NO17/c1-15-38-35(24-59-47-46(58-14)45(57-13)43(30(7)60-47)63-32(9)52)21-25(2)19-20-36(54)26(3)22-34(18-16-17-27(4)50)41(28(5)37(55)23-39(56)65-38)66-48-44(64-33(10)53)40(49(11)12)42(29(6)61-48)62-31(8)51/h16-17,19-21,23,26,28-30,34-35,38,40-48,55H,15,18,22,24H2,1-14H3/b17-16+,20-19+,25-21+,37-23+/t26-,28+,29+,30-,34+,35-,38-,40-,41-,42+,43-,44+,45-,46-,47-,48-/m1/s1. The summed E-state index contributed by atoms with van der Waals surface area (Å²) in [4.78, 5) is 78.4. The first-order valence-corrected chi connectivity index (χ1v) is 22.5. The summed E-state index contributed by atoms with van der Waals surface area (Å²) in [6, 6.07) is -0.749. The summed E-state index contributed by atoms with van der Waals surface area (Å²) in [7, 11) is 6.38. The number of ketones is 2. The molecule has 66 heavy (non-hydrogen) atoms. The van der Waals surface area contributed by atoms with Gasteiger partial charge in [-0.25, -0.2) is 4.79 Å². The molecule has 3 rings (SSSR count). The van der Waals surface area contributed by atoms with Gasteiger partial charge in [-0.3, -0.25) is 28.9 Å². The normalized spacial score (nSPS) is 37.2. The maximum Gasteiger partial charge on any atom is 0.334 e. The number of likely N-dealkylation sites (N-methyl/N-ethyl adjacent to an activating group) is 1. The van der Waals surface area contributed by atoms with Crippen molar-refractivity contribution in [1.29, 1.82) is 0 Å². The van der Waals surface area contributed by atoms with Crippen LogP contribution in [0, 0.1) is 23.7 Å². The number of aliphatic hydroxyl groups excluding tert-OH is 1. The van der Waals surface area contributed by atoms with E-state index in [1.54, 1.807) is 65.8 Å². The molecule has 0 bridgehead atoms. The van der Waals surface area contributed by atoms with Crippen molar-refractivity contribution in [2.75, 3.05) is 34.9 Å². The predicted octanol–water partition coefficient (Wildman–Crippen LogP) is 4.91. The quantitative estimate of drug-likeness (QED) is 0.131. The second-order valence-electron chi connectivity index (χ2n) is 17.6. The van der Waals surface area contributed by atoms with Gasteiger partial charge in [-0.1, -0.05) is 44.6 Å². The van der Waals surface area contributed by atoms with Crippen LogP contribution in [0.25, 0.3) is 0 Å². The van der Waals surface area contributed by atoms with Crippen LogP contribution in [-0.4, -0.2) is 154 Å². The van der Waals surface area contributed by atoms with Crippen molar-refractivity contribution in [3.63, 3.8) is 0 Å². The Labute approximate surface area is 389 Å². The van der Waals surface area contributed by atoms with E-state index in [0.29, 0.717) is 12.0 Å². The lowest BCUT2D eigenvalue weighted by Gasteiger charge is -2.48. The fraction of sp³-hybridized carbons (Fsp3) is 0.708. The van der Waals surface area contributed by atoms with Gasteiger partial charge in [0.25, 0.3) is 0 Å². The lowest BCUT2D eigenvalue weighted by molar-refractivity contribution is -0.306. The number of aliphatic hydroxyl groups is 1. The molecule has 18 nitrogen and oxygen atoms in total. The van der Waals surface area contributed by atoms with E-state index in [1.165, 1.54) is 54.1 Å². The van der Waals surface area contributed by atoms with E-state index >= 15 is 0 Å². The summed E-state index contributed by atoms with van der Waals surface area (Å²) in [5, 5.41) is 11.8.